The molecule has 0 saturated heterocycles. The highest BCUT2D eigenvalue weighted by Crippen LogP contribution is 2.24. The third kappa shape index (κ3) is 4.76. The fourth-order valence-corrected chi connectivity index (χ4v) is 3.56. The molecule has 0 nitrogen and oxygen atoms in total. The monoisotopic (exact) mass is 426 g/mol. The van der Waals surface area contributed by atoms with Gasteiger partial charge in [-0.3, -0.25) is 0 Å². The molecule has 0 aliphatic rings. The average molecular weight is 426 g/mol. The molecule has 4 aromatic carbocycles. The van der Waals surface area contributed by atoms with E-state index in [0.29, 0.717) is 10.9 Å². The van der Waals surface area contributed by atoms with Crippen molar-refractivity contribution >= 4 is 10.8 Å². The number of benzene rings is 4. The van der Waals surface area contributed by atoms with Crippen molar-refractivity contribution in [3.8, 4) is 23.0 Å². The first kappa shape index (κ1) is 21.5. The molecule has 0 heterocycles. The van der Waals surface area contributed by atoms with Crippen LogP contribution in [-0.2, 0) is 6.42 Å². The predicted molar refractivity (Wildman–Crippen MR) is 125 cm³/mol. The van der Waals surface area contributed by atoms with E-state index in [1.807, 2.05) is 31.2 Å². The highest BCUT2D eigenvalue weighted by molar-refractivity contribution is 5.84. The number of hydrogen-bond acceptors (Lipinski definition) is 0. The Labute approximate surface area is 186 Å². The van der Waals surface area contributed by atoms with Crippen LogP contribution in [0.4, 0.5) is 13.2 Å². The lowest BCUT2D eigenvalue weighted by Crippen LogP contribution is -1.88. The zero-order valence-corrected chi connectivity index (χ0v) is 17.6. The fourth-order valence-electron chi connectivity index (χ4n) is 3.56. The minimum Gasteiger partial charge on any atom is -0.206 e. The topological polar surface area (TPSA) is 0 Å². The molecule has 158 valence electrons. The van der Waals surface area contributed by atoms with Gasteiger partial charge in [0, 0.05) is 10.9 Å². The Kier molecular flexibility index (Phi) is 6.42. The van der Waals surface area contributed by atoms with Crippen LogP contribution in [0.25, 0.3) is 21.9 Å². The quantitative estimate of drug-likeness (QED) is 0.230. The zero-order chi connectivity index (χ0) is 22.5. The maximum atomic E-state index is 14.7. The largest absolute Gasteiger partial charge is 0.206 e. The Balaban J connectivity index is 1.54. The molecule has 4 rings (SSSR count). The smallest absolute Gasteiger partial charge is 0.166 e. The number of rotatable bonds is 4. The maximum Gasteiger partial charge on any atom is 0.166 e. The van der Waals surface area contributed by atoms with Crippen molar-refractivity contribution in [3.63, 3.8) is 0 Å². The molecule has 0 saturated carbocycles. The first-order chi connectivity index (χ1) is 15.5. The second kappa shape index (κ2) is 9.58. The molecule has 0 aromatic heterocycles. The number of allylic oxidation sites excluding steroid dienone is 2. The molecule has 32 heavy (non-hydrogen) atoms. The average Bonchev–Trinajstić information content (AvgIpc) is 2.81. The van der Waals surface area contributed by atoms with Crippen molar-refractivity contribution in [2.45, 2.75) is 19.8 Å². The third-order valence-corrected chi connectivity index (χ3v) is 5.34. The Morgan fingerprint density at radius 3 is 2.28 bits per heavy atom. The molecule has 0 bridgehead atoms. The Morgan fingerprint density at radius 1 is 0.750 bits per heavy atom. The van der Waals surface area contributed by atoms with E-state index in [2.05, 4.69) is 30.0 Å². The number of hydrogen-bond donors (Lipinski definition) is 0. The van der Waals surface area contributed by atoms with Gasteiger partial charge in [-0.1, -0.05) is 66.5 Å². The van der Waals surface area contributed by atoms with E-state index in [1.165, 1.54) is 23.8 Å². The van der Waals surface area contributed by atoms with E-state index in [-0.39, 0.29) is 10.9 Å². The van der Waals surface area contributed by atoms with Crippen LogP contribution in [0.1, 0.15) is 30.0 Å². The van der Waals surface area contributed by atoms with Crippen molar-refractivity contribution in [2.24, 2.45) is 0 Å². The van der Waals surface area contributed by atoms with Crippen LogP contribution < -0.4 is 0 Å². The predicted octanol–water partition coefficient (Wildman–Crippen LogP) is 7.83. The molecular weight excluding hydrogens is 405 g/mol. The van der Waals surface area contributed by atoms with Crippen LogP contribution in [0.5, 0.6) is 0 Å². The summed E-state index contributed by atoms with van der Waals surface area (Å²) in [5.41, 5.74) is 3.86. The molecule has 0 amide bonds. The molecule has 0 N–H and O–H groups in total. The van der Waals surface area contributed by atoms with E-state index in [9.17, 15) is 13.2 Å². The van der Waals surface area contributed by atoms with Crippen LogP contribution in [0.2, 0.25) is 0 Å². The molecule has 3 heteroatoms. The highest BCUT2D eigenvalue weighted by atomic mass is 19.2. The summed E-state index contributed by atoms with van der Waals surface area (Å²) in [6.45, 7) is 2.01. The molecule has 0 radical (unpaired) electrons. The van der Waals surface area contributed by atoms with E-state index in [4.69, 9.17) is 0 Å². The summed E-state index contributed by atoms with van der Waals surface area (Å²) in [6.07, 6.45) is 6.16. The summed E-state index contributed by atoms with van der Waals surface area (Å²) < 4.78 is 41.9. The van der Waals surface area contributed by atoms with Gasteiger partial charge in [0.2, 0.25) is 0 Å². The van der Waals surface area contributed by atoms with Crippen LogP contribution in [0.3, 0.4) is 0 Å². The van der Waals surface area contributed by atoms with Crippen molar-refractivity contribution < 1.29 is 13.2 Å². The first-order valence-corrected chi connectivity index (χ1v) is 10.4. The van der Waals surface area contributed by atoms with Gasteiger partial charge in [0.25, 0.3) is 0 Å². The third-order valence-electron chi connectivity index (χ3n) is 5.34. The second-order valence-electron chi connectivity index (χ2n) is 7.55. The Bertz CT molecular complexity index is 1350. The molecule has 0 fully saturated rings. The van der Waals surface area contributed by atoms with Gasteiger partial charge in [0.05, 0.1) is 5.56 Å². The van der Waals surface area contributed by atoms with Gasteiger partial charge in [-0.15, -0.1) is 0 Å². The van der Waals surface area contributed by atoms with Gasteiger partial charge in [-0.05, 0) is 72.2 Å². The van der Waals surface area contributed by atoms with E-state index in [0.717, 1.165) is 30.0 Å². The standard InChI is InChI=1S/C29H21F3/c1-2-3-4-5-20-6-10-22(11-7-20)24-14-13-23(28(31)19-24)12-8-21-9-16-26-25(18-21)15-17-27(30)29(26)32/h2-3,6-7,9-11,13-19H,4-5H2,1H3/b3-2+. The number of aryl methyl sites for hydroxylation is 1. The first-order valence-electron chi connectivity index (χ1n) is 10.4. The summed E-state index contributed by atoms with van der Waals surface area (Å²) in [4.78, 5) is 0. The molecule has 4 aromatic rings. The summed E-state index contributed by atoms with van der Waals surface area (Å²) in [5.74, 6) is 3.58. The van der Waals surface area contributed by atoms with Crippen molar-refractivity contribution in [1.82, 2.24) is 0 Å². The van der Waals surface area contributed by atoms with E-state index >= 15 is 0 Å². The van der Waals surface area contributed by atoms with Crippen molar-refractivity contribution in [2.75, 3.05) is 0 Å². The minimum atomic E-state index is -0.887. The molecule has 0 aliphatic heterocycles. The maximum absolute atomic E-state index is 14.7. The summed E-state index contributed by atoms with van der Waals surface area (Å²) in [5, 5.41) is 0.736. The van der Waals surface area contributed by atoms with Crippen LogP contribution in [-0.4, -0.2) is 0 Å². The number of halogens is 3. The second-order valence-corrected chi connectivity index (χ2v) is 7.55. The lowest BCUT2D eigenvalue weighted by atomic mass is 10.0. The SMILES string of the molecule is C/C=C/CCc1ccc(-c2ccc(C#Cc3ccc4c(F)c(F)ccc4c3)c(F)c2)cc1. The van der Waals surface area contributed by atoms with Gasteiger partial charge < -0.3 is 0 Å². The molecule has 0 unspecified atom stereocenters. The van der Waals surface area contributed by atoms with Crippen molar-refractivity contribution in [3.05, 3.63) is 119 Å². The van der Waals surface area contributed by atoms with Crippen molar-refractivity contribution in [1.29, 1.82) is 0 Å². The fraction of sp³-hybridized carbons (Fsp3) is 0.103. The van der Waals surface area contributed by atoms with E-state index < -0.39 is 17.5 Å². The lowest BCUT2D eigenvalue weighted by molar-refractivity contribution is 0.517. The van der Waals surface area contributed by atoms with Gasteiger partial charge in [0.15, 0.2) is 11.6 Å². The molecule has 0 aliphatic carbocycles. The summed E-state index contributed by atoms with van der Waals surface area (Å²) >= 11 is 0. The van der Waals surface area contributed by atoms with Gasteiger partial charge in [-0.25, -0.2) is 13.2 Å². The van der Waals surface area contributed by atoms with Gasteiger partial charge in [0.1, 0.15) is 5.82 Å². The van der Waals surface area contributed by atoms with Crippen LogP contribution >= 0.6 is 0 Å². The number of fused-ring (bicyclic) bond motifs is 1. The zero-order valence-electron chi connectivity index (χ0n) is 17.6. The van der Waals surface area contributed by atoms with Crippen LogP contribution in [0, 0.1) is 29.3 Å². The highest BCUT2D eigenvalue weighted by Gasteiger charge is 2.07. The minimum absolute atomic E-state index is 0.193. The normalized spacial score (nSPS) is 11.0. The summed E-state index contributed by atoms with van der Waals surface area (Å²) in [7, 11) is 0. The lowest BCUT2D eigenvalue weighted by Gasteiger charge is -2.05. The Hall–Kier alpha value is -3.77. The van der Waals surface area contributed by atoms with Crippen LogP contribution in [0.15, 0.2) is 84.9 Å². The van der Waals surface area contributed by atoms with Gasteiger partial charge >= 0.3 is 0 Å². The van der Waals surface area contributed by atoms with E-state index in [1.54, 1.807) is 18.2 Å². The van der Waals surface area contributed by atoms with Gasteiger partial charge in [-0.2, -0.15) is 0 Å². The summed E-state index contributed by atoms with van der Waals surface area (Å²) in [6, 6.07) is 20.5. The molecule has 0 spiro atoms. The molecule has 0 atom stereocenters. The Morgan fingerprint density at radius 2 is 1.53 bits per heavy atom. The molecular formula is C29H21F3.